The van der Waals surface area contributed by atoms with Gasteiger partial charge in [-0.15, -0.1) is 0 Å². The summed E-state index contributed by atoms with van der Waals surface area (Å²) in [6.07, 6.45) is 0.859. The van der Waals surface area contributed by atoms with Crippen molar-refractivity contribution in [1.29, 1.82) is 0 Å². The molecule has 9 heteroatoms. The smallest absolute Gasteiger partial charge is 0.256 e. The van der Waals surface area contributed by atoms with Gasteiger partial charge in [-0.3, -0.25) is 9.36 Å². The summed E-state index contributed by atoms with van der Waals surface area (Å²) >= 11 is 0. The lowest BCUT2D eigenvalue weighted by Gasteiger charge is -2.19. The van der Waals surface area contributed by atoms with Crippen LogP contribution in [0.4, 0.5) is 14.7 Å². The van der Waals surface area contributed by atoms with Crippen molar-refractivity contribution in [3.05, 3.63) is 81.6 Å². The van der Waals surface area contributed by atoms with E-state index in [9.17, 15) is 13.6 Å². The number of anilines is 1. The number of para-hydroxylation sites is 1. The van der Waals surface area contributed by atoms with Crippen LogP contribution in [-0.4, -0.2) is 52.2 Å². The second-order valence-corrected chi connectivity index (χ2v) is 10.6. The molecule has 0 aliphatic carbocycles. The minimum absolute atomic E-state index is 0.139. The van der Waals surface area contributed by atoms with Crippen LogP contribution in [0.3, 0.4) is 0 Å². The van der Waals surface area contributed by atoms with E-state index >= 15 is 0 Å². The SMILES string of the molecule is CCN(CC)CCCNc1nc(-c2cccc(CNCC(C)C)c2C)c2ccc(=O)n(-c3c(F)cccc3F)c2n1. The molecule has 4 aromatic rings. The van der Waals surface area contributed by atoms with E-state index in [4.69, 9.17) is 4.98 Å². The molecule has 0 spiro atoms. The van der Waals surface area contributed by atoms with Gasteiger partial charge in [0, 0.05) is 30.1 Å². The number of nitrogens with one attached hydrogen (secondary N) is 2. The Morgan fingerprint density at radius 3 is 2.37 bits per heavy atom. The van der Waals surface area contributed by atoms with Crippen LogP contribution in [-0.2, 0) is 6.54 Å². The third-order valence-corrected chi connectivity index (χ3v) is 7.31. The molecule has 0 aliphatic rings. The van der Waals surface area contributed by atoms with Gasteiger partial charge in [0.25, 0.3) is 5.56 Å². The summed E-state index contributed by atoms with van der Waals surface area (Å²) in [5, 5.41) is 7.31. The molecule has 0 radical (unpaired) electrons. The maximum Gasteiger partial charge on any atom is 0.256 e. The standard InChI is InChI=1S/C32H40F2N6O/c1-6-39(7-2)18-10-17-36-32-37-29(24-12-8-11-23(22(24)5)20-35-19-21(3)4)25-15-16-28(41)40(31(25)38-32)30-26(33)13-9-14-27(30)34/h8-9,11-16,21,35H,6-7,10,17-20H2,1-5H3,(H,36,37,38). The number of hydrogen-bond donors (Lipinski definition) is 2. The first-order valence-electron chi connectivity index (χ1n) is 14.4. The molecule has 4 rings (SSSR count). The molecular formula is C32H40F2N6O. The van der Waals surface area contributed by atoms with Crippen LogP contribution in [0, 0.1) is 24.5 Å². The Morgan fingerprint density at radius 2 is 1.68 bits per heavy atom. The average Bonchev–Trinajstić information content (AvgIpc) is 2.94. The lowest BCUT2D eigenvalue weighted by molar-refractivity contribution is 0.303. The molecule has 0 amide bonds. The minimum Gasteiger partial charge on any atom is -0.354 e. The first-order valence-corrected chi connectivity index (χ1v) is 14.4. The van der Waals surface area contributed by atoms with Gasteiger partial charge in [0.15, 0.2) is 5.65 Å². The zero-order valence-electron chi connectivity index (χ0n) is 24.6. The number of rotatable bonds is 13. The van der Waals surface area contributed by atoms with Crippen LogP contribution in [0.25, 0.3) is 28.0 Å². The number of aromatic nitrogens is 3. The zero-order valence-corrected chi connectivity index (χ0v) is 24.6. The quantitative estimate of drug-likeness (QED) is 0.197. The maximum atomic E-state index is 15.0. The fraction of sp³-hybridized carbons (Fsp3) is 0.406. The molecule has 41 heavy (non-hydrogen) atoms. The lowest BCUT2D eigenvalue weighted by Crippen LogP contribution is -2.25. The van der Waals surface area contributed by atoms with Gasteiger partial charge in [0.1, 0.15) is 17.3 Å². The van der Waals surface area contributed by atoms with Crippen molar-refractivity contribution in [2.45, 2.75) is 47.6 Å². The van der Waals surface area contributed by atoms with Gasteiger partial charge in [-0.25, -0.2) is 13.8 Å². The monoisotopic (exact) mass is 562 g/mol. The normalized spacial score (nSPS) is 11.6. The Balaban J connectivity index is 1.86. The minimum atomic E-state index is -0.845. The molecule has 0 saturated heterocycles. The third kappa shape index (κ3) is 6.97. The number of pyridine rings is 1. The van der Waals surface area contributed by atoms with E-state index in [-0.39, 0.29) is 5.65 Å². The van der Waals surface area contributed by atoms with E-state index in [1.165, 1.54) is 12.1 Å². The van der Waals surface area contributed by atoms with Gasteiger partial charge in [0.05, 0.1) is 5.69 Å². The van der Waals surface area contributed by atoms with Crippen molar-refractivity contribution in [1.82, 2.24) is 24.8 Å². The highest BCUT2D eigenvalue weighted by atomic mass is 19.1. The second kappa shape index (κ2) is 13.8. The Bertz CT molecular complexity index is 1530. The molecule has 0 fully saturated rings. The van der Waals surface area contributed by atoms with Crippen molar-refractivity contribution >= 4 is 17.0 Å². The van der Waals surface area contributed by atoms with Gasteiger partial charge >= 0.3 is 0 Å². The molecule has 2 N–H and O–H groups in total. The summed E-state index contributed by atoms with van der Waals surface area (Å²) < 4.78 is 31.0. The van der Waals surface area contributed by atoms with E-state index in [1.807, 2.05) is 19.1 Å². The second-order valence-electron chi connectivity index (χ2n) is 10.6. The van der Waals surface area contributed by atoms with Gasteiger partial charge in [0.2, 0.25) is 5.95 Å². The molecule has 0 saturated carbocycles. The number of nitrogens with zero attached hydrogens (tertiary/aromatic N) is 4. The summed E-state index contributed by atoms with van der Waals surface area (Å²) in [7, 11) is 0. The van der Waals surface area contributed by atoms with E-state index in [1.54, 1.807) is 6.07 Å². The zero-order chi connectivity index (χ0) is 29.5. The topological polar surface area (TPSA) is 75.1 Å². The molecule has 0 bridgehead atoms. The Kier molecular flexibility index (Phi) is 10.2. The predicted octanol–water partition coefficient (Wildman–Crippen LogP) is 5.92. The Labute approximate surface area is 240 Å². The highest BCUT2D eigenvalue weighted by Crippen LogP contribution is 2.32. The molecule has 0 unspecified atom stereocenters. The number of hydrogen-bond acceptors (Lipinski definition) is 6. The average molecular weight is 563 g/mol. The van der Waals surface area contributed by atoms with Crippen LogP contribution in [0.1, 0.15) is 45.2 Å². The van der Waals surface area contributed by atoms with Crippen LogP contribution < -0.4 is 16.2 Å². The van der Waals surface area contributed by atoms with Crippen LogP contribution in [0.15, 0.2) is 53.3 Å². The first-order chi connectivity index (χ1) is 19.7. The summed E-state index contributed by atoms with van der Waals surface area (Å²) in [5.41, 5.74) is 2.72. The summed E-state index contributed by atoms with van der Waals surface area (Å²) in [6.45, 7) is 15.7. The summed E-state index contributed by atoms with van der Waals surface area (Å²) in [5.74, 6) is -0.869. The number of benzene rings is 2. The van der Waals surface area contributed by atoms with Crippen LogP contribution in [0.2, 0.25) is 0 Å². The Hall–Kier alpha value is -3.69. The van der Waals surface area contributed by atoms with Crippen LogP contribution in [0.5, 0.6) is 0 Å². The fourth-order valence-electron chi connectivity index (χ4n) is 4.99. The molecule has 2 aromatic heterocycles. The van der Waals surface area contributed by atoms with Gasteiger partial charge in [-0.2, -0.15) is 4.98 Å². The van der Waals surface area contributed by atoms with E-state index in [0.717, 1.165) is 66.0 Å². The van der Waals surface area contributed by atoms with E-state index < -0.39 is 22.9 Å². The largest absolute Gasteiger partial charge is 0.354 e. The summed E-state index contributed by atoms with van der Waals surface area (Å²) in [4.78, 5) is 25.0. The van der Waals surface area contributed by atoms with Gasteiger partial charge in [-0.05, 0) is 74.8 Å². The van der Waals surface area contributed by atoms with Crippen molar-refractivity contribution in [3.63, 3.8) is 0 Å². The lowest BCUT2D eigenvalue weighted by atomic mass is 9.98. The molecular weight excluding hydrogens is 522 g/mol. The van der Waals surface area contributed by atoms with Crippen molar-refractivity contribution in [3.8, 4) is 16.9 Å². The maximum absolute atomic E-state index is 15.0. The van der Waals surface area contributed by atoms with E-state index in [2.05, 4.69) is 54.3 Å². The van der Waals surface area contributed by atoms with Crippen molar-refractivity contribution in [2.75, 3.05) is 38.0 Å². The van der Waals surface area contributed by atoms with Gasteiger partial charge in [-0.1, -0.05) is 52.0 Å². The van der Waals surface area contributed by atoms with E-state index in [0.29, 0.717) is 36.0 Å². The third-order valence-electron chi connectivity index (χ3n) is 7.31. The highest BCUT2D eigenvalue weighted by Gasteiger charge is 2.20. The first kappa shape index (κ1) is 30.3. The summed E-state index contributed by atoms with van der Waals surface area (Å²) in [6, 6.07) is 12.5. The number of fused-ring (bicyclic) bond motifs is 1. The van der Waals surface area contributed by atoms with Crippen molar-refractivity contribution in [2.24, 2.45) is 5.92 Å². The molecule has 218 valence electrons. The molecule has 2 aromatic carbocycles. The molecule has 7 nitrogen and oxygen atoms in total. The molecule has 2 heterocycles. The highest BCUT2D eigenvalue weighted by molar-refractivity contribution is 5.93. The fourth-order valence-corrected chi connectivity index (χ4v) is 4.99. The molecule has 0 aliphatic heterocycles. The van der Waals surface area contributed by atoms with Gasteiger partial charge < -0.3 is 15.5 Å². The molecule has 0 atom stereocenters. The Morgan fingerprint density at radius 1 is 0.976 bits per heavy atom. The van der Waals surface area contributed by atoms with Crippen molar-refractivity contribution < 1.29 is 8.78 Å². The van der Waals surface area contributed by atoms with Crippen LogP contribution >= 0.6 is 0 Å². The number of halogens is 2. The predicted molar refractivity (Wildman–Crippen MR) is 163 cm³/mol.